The van der Waals surface area contributed by atoms with E-state index in [0.29, 0.717) is 36.9 Å². The molecule has 8 nitrogen and oxygen atoms in total. The van der Waals surface area contributed by atoms with Crippen LogP contribution in [0, 0.1) is 5.92 Å². The SMILES string of the molecule is CCS(=O)(=O)N[C@H]1CCN(C(C)=O)C[C@@H]1COc1ccc(-n2cc(Cl)cn2)cc1. The van der Waals surface area contributed by atoms with E-state index in [1.54, 1.807) is 28.9 Å². The van der Waals surface area contributed by atoms with Gasteiger partial charge in [-0.25, -0.2) is 17.8 Å². The van der Waals surface area contributed by atoms with E-state index in [1.807, 2.05) is 24.3 Å². The quantitative estimate of drug-likeness (QED) is 0.711. The molecule has 2 heterocycles. The second kappa shape index (κ2) is 9.15. The summed E-state index contributed by atoms with van der Waals surface area (Å²) in [5.41, 5.74) is 0.846. The molecule has 0 spiro atoms. The first-order valence-corrected chi connectivity index (χ1v) is 11.5. The highest BCUT2D eigenvalue weighted by Crippen LogP contribution is 2.22. The van der Waals surface area contributed by atoms with Crippen molar-refractivity contribution in [1.29, 1.82) is 0 Å². The van der Waals surface area contributed by atoms with Crippen LogP contribution in [0.4, 0.5) is 0 Å². The Hall–Kier alpha value is -2.10. The molecule has 2 atom stereocenters. The maximum absolute atomic E-state index is 12.0. The van der Waals surface area contributed by atoms with Gasteiger partial charge in [0.25, 0.3) is 0 Å². The number of sulfonamides is 1. The van der Waals surface area contributed by atoms with Crippen molar-refractivity contribution in [3.63, 3.8) is 0 Å². The summed E-state index contributed by atoms with van der Waals surface area (Å²) in [4.78, 5) is 13.5. The number of amides is 1. The van der Waals surface area contributed by atoms with E-state index in [2.05, 4.69) is 9.82 Å². The molecule has 10 heteroatoms. The lowest BCUT2D eigenvalue weighted by Crippen LogP contribution is -2.53. The summed E-state index contributed by atoms with van der Waals surface area (Å²) in [6.45, 7) is 4.41. The first-order valence-electron chi connectivity index (χ1n) is 9.46. The fourth-order valence-corrected chi connectivity index (χ4v) is 4.37. The third kappa shape index (κ3) is 5.71. The molecule has 0 aliphatic carbocycles. The molecule has 29 heavy (non-hydrogen) atoms. The van der Waals surface area contributed by atoms with Crippen molar-refractivity contribution in [2.24, 2.45) is 5.92 Å². The van der Waals surface area contributed by atoms with E-state index in [9.17, 15) is 13.2 Å². The summed E-state index contributed by atoms with van der Waals surface area (Å²) < 4.78 is 34.4. The predicted octanol–water partition coefficient (Wildman–Crippen LogP) is 2.08. The van der Waals surface area contributed by atoms with Crippen molar-refractivity contribution < 1.29 is 17.9 Å². The zero-order chi connectivity index (χ0) is 21.0. The van der Waals surface area contributed by atoms with Gasteiger partial charge in [-0.3, -0.25) is 4.79 Å². The van der Waals surface area contributed by atoms with Gasteiger partial charge in [0, 0.05) is 38.2 Å². The smallest absolute Gasteiger partial charge is 0.219 e. The van der Waals surface area contributed by atoms with Crippen LogP contribution in [0.15, 0.2) is 36.7 Å². The Bertz CT molecular complexity index is 945. The summed E-state index contributed by atoms with van der Waals surface area (Å²) in [6, 6.07) is 7.10. The summed E-state index contributed by atoms with van der Waals surface area (Å²) >= 11 is 5.90. The number of aromatic nitrogens is 2. The summed E-state index contributed by atoms with van der Waals surface area (Å²) in [6.07, 6.45) is 3.83. The van der Waals surface area contributed by atoms with E-state index in [1.165, 1.54) is 6.92 Å². The number of nitrogens with one attached hydrogen (secondary N) is 1. The maximum atomic E-state index is 12.0. The Morgan fingerprint density at radius 2 is 2.07 bits per heavy atom. The molecular weight excluding hydrogens is 416 g/mol. The largest absolute Gasteiger partial charge is 0.493 e. The van der Waals surface area contributed by atoms with Crippen LogP contribution in [0.5, 0.6) is 5.75 Å². The molecule has 3 rings (SSSR count). The van der Waals surface area contributed by atoms with Crippen LogP contribution in [-0.2, 0) is 14.8 Å². The summed E-state index contributed by atoms with van der Waals surface area (Å²) in [5.74, 6) is 0.517. The molecule has 0 unspecified atom stereocenters. The molecule has 1 aromatic carbocycles. The normalized spacial score (nSPS) is 19.9. The highest BCUT2D eigenvalue weighted by molar-refractivity contribution is 7.89. The fraction of sp³-hybridized carbons (Fsp3) is 0.474. The molecule has 0 saturated carbocycles. The first-order chi connectivity index (χ1) is 13.8. The molecule has 158 valence electrons. The van der Waals surface area contributed by atoms with Crippen LogP contribution in [0.1, 0.15) is 20.3 Å². The van der Waals surface area contributed by atoms with Gasteiger partial charge in [-0.15, -0.1) is 0 Å². The summed E-state index contributed by atoms with van der Waals surface area (Å²) in [7, 11) is -3.34. The van der Waals surface area contributed by atoms with Crippen molar-refractivity contribution in [1.82, 2.24) is 19.4 Å². The number of carbonyl (C=O) groups is 1. The molecule has 1 aliphatic heterocycles. The molecule has 0 radical (unpaired) electrons. The number of nitrogens with zero attached hydrogens (tertiary/aromatic N) is 3. The fourth-order valence-electron chi connectivity index (χ4n) is 3.30. The molecular formula is C19H25ClN4O4S. The van der Waals surface area contributed by atoms with Crippen LogP contribution >= 0.6 is 11.6 Å². The van der Waals surface area contributed by atoms with E-state index >= 15 is 0 Å². The minimum absolute atomic E-state index is 0.0194. The zero-order valence-electron chi connectivity index (χ0n) is 16.4. The zero-order valence-corrected chi connectivity index (χ0v) is 18.0. The molecule has 2 aromatic rings. The average molecular weight is 441 g/mol. The summed E-state index contributed by atoms with van der Waals surface area (Å²) in [5, 5.41) is 4.71. The third-order valence-corrected chi connectivity index (χ3v) is 6.62. The molecule has 0 bridgehead atoms. The number of benzene rings is 1. The first kappa shape index (κ1) is 21.6. The number of ether oxygens (including phenoxy) is 1. The lowest BCUT2D eigenvalue weighted by molar-refractivity contribution is -0.131. The van der Waals surface area contributed by atoms with E-state index in [0.717, 1.165) is 5.69 Å². The predicted molar refractivity (Wildman–Crippen MR) is 111 cm³/mol. The number of carbonyl (C=O) groups excluding carboxylic acids is 1. The number of likely N-dealkylation sites (tertiary alicyclic amines) is 1. The lowest BCUT2D eigenvalue weighted by atomic mass is 9.93. The average Bonchev–Trinajstić information content (AvgIpc) is 3.13. The van der Waals surface area contributed by atoms with Crippen LogP contribution < -0.4 is 9.46 Å². The second-order valence-electron chi connectivity index (χ2n) is 7.05. The Morgan fingerprint density at radius 1 is 1.34 bits per heavy atom. The van der Waals surface area contributed by atoms with Gasteiger partial charge in [0.1, 0.15) is 5.75 Å². The minimum Gasteiger partial charge on any atom is -0.493 e. The van der Waals surface area contributed by atoms with Gasteiger partial charge in [-0.05, 0) is 37.6 Å². The number of halogens is 1. The Labute approximate surface area is 175 Å². The number of hydrogen-bond donors (Lipinski definition) is 1. The molecule has 1 saturated heterocycles. The van der Waals surface area contributed by atoms with Gasteiger partial charge in [0.15, 0.2) is 0 Å². The van der Waals surface area contributed by atoms with Crippen LogP contribution in [0.3, 0.4) is 0 Å². The topological polar surface area (TPSA) is 93.5 Å². The Kier molecular flexibility index (Phi) is 6.81. The van der Waals surface area contributed by atoms with Crippen molar-refractivity contribution in [2.45, 2.75) is 26.3 Å². The van der Waals surface area contributed by atoms with Gasteiger partial charge in [-0.1, -0.05) is 11.6 Å². The molecule has 1 aliphatic rings. The third-order valence-electron chi connectivity index (χ3n) is 5.01. The van der Waals surface area contributed by atoms with Crippen molar-refractivity contribution >= 4 is 27.5 Å². The van der Waals surface area contributed by atoms with Crippen LogP contribution in [0.25, 0.3) is 5.69 Å². The lowest BCUT2D eigenvalue weighted by Gasteiger charge is -2.38. The van der Waals surface area contributed by atoms with Gasteiger partial charge in [-0.2, -0.15) is 5.10 Å². The highest BCUT2D eigenvalue weighted by atomic mass is 35.5. The van der Waals surface area contributed by atoms with E-state index < -0.39 is 10.0 Å². The van der Waals surface area contributed by atoms with Crippen molar-refractivity contribution in [3.05, 3.63) is 41.7 Å². The van der Waals surface area contributed by atoms with Crippen LogP contribution in [0.2, 0.25) is 5.02 Å². The van der Waals surface area contributed by atoms with Gasteiger partial charge in [0.2, 0.25) is 15.9 Å². The van der Waals surface area contributed by atoms with Gasteiger partial charge < -0.3 is 9.64 Å². The number of hydrogen-bond acceptors (Lipinski definition) is 5. The van der Waals surface area contributed by atoms with Crippen molar-refractivity contribution in [3.8, 4) is 11.4 Å². The monoisotopic (exact) mass is 440 g/mol. The number of piperidine rings is 1. The molecule has 1 N–H and O–H groups in total. The molecule has 1 aromatic heterocycles. The highest BCUT2D eigenvalue weighted by Gasteiger charge is 2.33. The van der Waals surface area contributed by atoms with Gasteiger partial charge >= 0.3 is 0 Å². The second-order valence-corrected chi connectivity index (χ2v) is 9.53. The Morgan fingerprint density at radius 3 is 2.66 bits per heavy atom. The van der Waals surface area contributed by atoms with E-state index in [4.69, 9.17) is 16.3 Å². The minimum atomic E-state index is -3.34. The molecule has 1 fully saturated rings. The standard InChI is InChI=1S/C19H25ClN4O4S/c1-3-29(26,27)22-19-8-9-23(14(2)25)11-15(19)13-28-18-6-4-17(5-7-18)24-12-16(20)10-21-24/h4-7,10,12,15,19,22H,3,8-9,11,13H2,1-2H3/t15-,19+/m1/s1. The number of rotatable bonds is 7. The van der Waals surface area contributed by atoms with Crippen molar-refractivity contribution in [2.75, 3.05) is 25.4 Å². The molecule has 1 amide bonds. The maximum Gasteiger partial charge on any atom is 0.219 e. The van der Waals surface area contributed by atoms with Gasteiger partial charge in [0.05, 0.1) is 29.3 Å². The van der Waals surface area contributed by atoms with E-state index in [-0.39, 0.29) is 23.6 Å². The van der Waals surface area contributed by atoms with Crippen LogP contribution in [-0.4, -0.2) is 60.5 Å². The Balaban J connectivity index is 1.66.